The van der Waals surface area contributed by atoms with Crippen molar-refractivity contribution in [3.8, 4) is 5.75 Å². The van der Waals surface area contributed by atoms with Crippen molar-refractivity contribution in [1.29, 1.82) is 0 Å². The van der Waals surface area contributed by atoms with Crippen molar-refractivity contribution in [3.63, 3.8) is 0 Å². The number of hydrogen-bond acceptors (Lipinski definition) is 4. The van der Waals surface area contributed by atoms with Crippen LogP contribution in [-0.4, -0.2) is 17.1 Å². The van der Waals surface area contributed by atoms with Gasteiger partial charge in [-0.1, -0.05) is 18.2 Å². The molecule has 5 heteroatoms. The minimum atomic E-state index is 0. The summed E-state index contributed by atoms with van der Waals surface area (Å²) in [7, 11) is 1.65. The first-order valence-corrected chi connectivity index (χ1v) is 5.51. The summed E-state index contributed by atoms with van der Waals surface area (Å²) in [6.07, 6.45) is 5.53. The Hall–Kier alpha value is -0.304. The molecule has 0 unspecified atom stereocenters. The quantitative estimate of drug-likeness (QED) is 0.435. The molecule has 0 radical (unpaired) electrons. The third-order valence-corrected chi connectivity index (χ3v) is 2.41. The molecule has 0 amide bonds. The molecule has 0 aliphatic carbocycles. The van der Waals surface area contributed by atoms with Crippen LogP contribution in [0.2, 0.25) is 0 Å². The maximum Gasteiger partial charge on any atom is 1.00 e. The van der Waals surface area contributed by atoms with Gasteiger partial charge in [-0.15, -0.1) is 0 Å². The number of methoxy groups -OCH3 is 1. The zero-order chi connectivity index (χ0) is 12.1. The van der Waals surface area contributed by atoms with E-state index in [1.54, 1.807) is 13.3 Å². The van der Waals surface area contributed by atoms with Gasteiger partial charge in [0.1, 0.15) is 5.75 Å². The SMILES string of the molecule is COc1ccc(/C=C/c2ccnc([S-])n2)cc1.[K+]. The number of hydrogen-bond donors (Lipinski definition) is 0. The molecule has 0 saturated heterocycles. The minimum absolute atomic E-state index is 0. The maximum atomic E-state index is 5.09. The average molecular weight is 282 g/mol. The van der Waals surface area contributed by atoms with E-state index < -0.39 is 0 Å². The Morgan fingerprint density at radius 2 is 1.83 bits per heavy atom. The molecule has 2 rings (SSSR count). The van der Waals surface area contributed by atoms with Gasteiger partial charge in [-0.3, -0.25) is 9.97 Å². The predicted molar refractivity (Wildman–Crippen MR) is 69.6 cm³/mol. The number of benzene rings is 1. The molecule has 0 bridgehead atoms. The van der Waals surface area contributed by atoms with E-state index in [2.05, 4.69) is 9.97 Å². The van der Waals surface area contributed by atoms with E-state index in [0.717, 1.165) is 17.0 Å². The van der Waals surface area contributed by atoms with E-state index in [-0.39, 0.29) is 51.4 Å². The summed E-state index contributed by atoms with van der Waals surface area (Å²) in [4.78, 5) is 7.98. The second-order valence-corrected chi connectivity index (χ2v) is 3.74. The molecule has 0 saturated carbocycles. The van der Waals surface area contributed by atoms with Crippen molar-refractivity contribution in [2.45, 2.75) is 5.16 Å². The molecule has 1 heterocycles. The smallest absolute Gasteiger partial charge is 0.740 e. The molecule has 0 atom stereocenters. The molecule has 0 aliphatic heterocycles. The van der Waals surface area contributed by atoms with Crippen LogP contribution in [0.5, 0.6) is 5.75 Å². The summed E-state index contributed by atoms with van der Waals surface area (Å²) in [5.41, 5.74) is 1.89. The summed E-state index contributed by atoms with van der Waals surface area (Å²) in [5, 5.41) is 0.363. The Kier molecular flexibility index (Phi) is 6.99. The van der Waals surface area contributed by atoms with Crippen LogP contribution in [0.25, 0.3) is 12.2 Å². The summed E-state index contributed by atoms with van der Waals surface area (Å²) < 4.78 is 5.09. The van der Waals surface area contributed by atoms with Crippen molar-refractivity contribution in [1.82, 2.24) is 9.97 Å². The van der Waals surface area contributed by atoms with Crippen molar-refractivity contribution >= 4 is 24.8 Å². The normalized spacial score (nSPS) is 10.1. The van der Waals surface area contributed by atoms with E-state index >= 15 is 0 Å². The number of rotatable bonds is 3. The molecule has 18 heavy (non-hydrogen) atoms. The molecule has 86 valence electrons. The summed E-state index contributed by atoms with van der Waals surface area (Å²) in [6, 6.07) is 9.60. The molecule has 0 N–H and O–H groups in total. The molecule has 2 aromatic rings. The summed E-state index contributed by atoms with van der Waals surface area (Å²) >= 11 is 4.89. The van der Waals surface area contributed by atoms with Crippen LogP contribution in [0.15, 0.2) is 41.7 Å². The van der Waals surface area contributed by atoms with Crippen LogP contribution in [0.3, 0.4) is 0 Å². The fourth-order valence-electron chi connectivity index (χ4n) is 1.34. The topological polar surface area (TPSA) is 35.0 Å². The summed E-state index contributed by atoms with van der Waals surface area (Å²) in [6.45, 7) is 0. The van der Waals surface area contributed by atoms with Gasteiger partial charge in [0.05, 0.1) is 12.8 Å². The standard InChI is InChI=1S/C13H12N2OS.K/c1-16-12-6-3-10(4-7-12)2-5-11-8-9-14-13(17)15-11;/h2-9H,1H3,(H,14,15,17);/q;+1/p-1/b5-2+;. The van der Waals surface area contributed by atoms with Gasteiger partial charge in [-0.05, 0) is 29.8 Å². The number of ether oxygens (including phenoxy) is 1. The first-order valence-electron chi connectivity index (χ1n) is 5.10. The van der Waals surface area contributed by atoms with Crippen molar-refractivity contribution < 1.29 is 56.1 Å². The van der Waals surface area contributed by atoms with Crippen LogP contribution >= 0.6 is 0 Å². The Morgan fingerprint density at radius 1 is 1.11 bits per heavy atom. The monoisotopic (exact) mass is 282 g/mol. The molecule has 0 aliphatic rings. The van der Waals surface area contributed by atoms with Gasteiger partial charge in [-0.2, -0.15) is 0 Å². The minimum Gasteiger partial charge on any atom is -0.740 e. The molecule has 0 spiro atoms. The first kappa shape index (κ1) is 15.8. The second kappa shape index (κ2) is 7.99. The average Bonchev–Trinajstić information content (AvgIpc) is 2.37. The number of aromatic nitrogens is 2. The third kappa shape index (κ3) is 4.76. The molecule has 3 nitrogen and oxygen atoms in total. The molecule has 1 aromatic carbocycles. The van der Waals surface area contributed by atoms with Crippen LogP contribution < -0.4 is 56.1 Å². The number of nitrogens with zero attached hydrogens (tertiary/aromatic N) is 2. The van der Waals surface area contributed by atoms with Crippen LogP contribution in [-0.2, 0) is 12.6 Å². The maximum absolute atomic E-state index is 5.09. The Morgan fingerprint density at radius 3 is 2.44 bits per heavy atom. The van der Waals surface area contributed by atoms with Gasteiger partial charge in [-0.25, -0.2) is 0 Å². The van der Waals surface area contributed by atoms with Crippen LogP contribution in [0.4, 0.5) is 0 Å². The Balaban J connectivity index is 0.00000162. The molecular weight excluding hydrogens is 271 g/mol. The molecule has 0 fully saturated rings. The van der Waals surface area contributed by atoms with Gasteiger partial charge in [0.15, 0.2) is 0 Å². The van der Waals surface area contributed by atoms with Gasteiger partial charge >= 0.3 is 51.4 Å². The van der Waals surface area contributed by atoms with Gasteiger partial charge in [0, 0.05) is 11.4 Å². The largest absolute Gasteiger partial charge is 1.00 e. The van der Waals surface area contributed by atoms with Crippen molar-refractivity contribution in [2.75, 3.05) is 7.11 Å². The molecule has 1 aromatic heterocycles. The van der Waals surface area contributed by atoms with E-state index in [4.69, 9.17) is 17.4 Å². The third-order valence-electron chi connectivity index (χ3n) is 2.22. The second-order valence-electron chi connectivity index (χ2n) is 3.37. The summed E-state index contributed by atoms with van der Waals surface area (Å²) in [5.74, 6) is 0.844. The Bertz CT molecular complexity index is 529. The Labute approximate surface area is 155 Å². The zero-order valence-electron chi connectivity index (χ0n) is 10.3. The van der Waals surface area contributed by atoms with Gasteiger partial charge in [0.25, 0.3) is 0 Å². The van der Waals surface area contributed by atoms with E-state index in [1.807, 2.05) is 42.5 Å². The van der Waals surface area contributed by atoms with Gasteiger partial charge < -0.3 is 17.4 Å². The van der Waals surface area contributed by atoms with Crippen LogP contribution in [0.1, 0.15) is 11.3 Å². The van der Waals surface area contributed by atoms with Gasteiger partial charge in [0.2, 0.25) is 0 Å². The van der Waals surface area contributed by atoms with Crippen LogP contribution in [0, 0.1) is 0 Å². The zero-order valence-corrected chi connectivity index (χ0v) is 14.3. The van der Waals surface area contributed by atoms with Crippen molar-refractivity contribution in [2.24, 2.45) is 0 Å². The molecular formula is C13H11KN2OS. The fourth-order valence-corrected chi connectivity index (χ4v) is 1.51. The van der Waals surface area contributed by atoms with Crippen molar-refractivity contribution in [3.05, 3.63) is 47.8 Å². The predicted octanol–water partition coefficient (Wildman–Crippen LogP) is -0.435. The van der Waals surface area contributed by atoms with E-state index in [0.29, 0.717) is 5.16 Å². The van der Waals surface area contributed by atoms with E-state index in [9.17, 15) is 0 Å². The fraction of sp³-hybridized carbons (Fsp3) is 0.0769. The van der Waals surface area contributed by atoms with E-state index in [1.165, 1.54) is 0 Å². The first-order chi connectivity index (χ1) is 8.28.